The molecule has 0 aromatic heterocycles. The summed E-state index contributed by atoms with van der Waals surface area (Å²) in [6.45, 7) is 8.20. The van der Waals surface area contributed by atoms with E-state index in [1.165, 1.54) is 18.4 Å². The van der Waals surface area contributed by atoms with Gasteiger partial charge in [-0.15, -0.1) is 0 Å². The first-order chi connectivity index (χ1) is 15.8. The molecule has 0 bridgehead atoms. The number of rotatable bonds is 5. The Bertz CT molecular complexity index is 897. The van der Waals surface area contributed by atoms with E-state index in [0.29, 0.717) is 12.0 Å². The van der Waals surface area contributed by atoms with E-state index in [0.717, 1.165) is 76.6 Å². The minimum absolute atomic E-state index is 0.229. The van der Waals surface area contributed by atoms with Gasteiger partial charge in [-0.05, 0) is 36.0 Å². The van der Waals surface area contributed by atoms with E-state index >= 15 is 0 Å². The van der Waals surface area contributed by atoms with Crippen LogP contribution in [0.15, 0.2) is 54.6 Å². The molecule has 3 heterocycles. The molecule has 0 aliphatic carbocycles. The van der Waals surface area contributed by atoms with Crippen LogP contribution in [0.2, 0.25) is 0 Å². The second-order valence-electron chi connectivity index (χ2n) is 9.55. The maximum Gasteiger partial charge on any atom is 0.254 e. The Hall–Kier alpha value is -2.21. The van der Waals surface area contributed by atoms with Crippen molar-refractivity contribution in [3.63, 3.8) is 0 Å². The van der Waals surface area contributed by atoms with E-state index < -0.39 is 0 Å². The lowest BCUT2D eigenvalue weighted by Gasteiger charge is -2.32. The van der Waals surface area contributed by atoms with Crippen molar-refractivity contribution in [2.45, 2.75) is 38.4 Å². The summed E-state index contributed by atoms with van der Waals surface area (Å²) in [6.07, 6.45) is 3.57. The molecule has 2 atom stereocenters. The van der Waals surface area contributed by atoms with Crippen LogP contribution in [-0.4, -0.2) is 72.6 Å². The van der Waals surface area contributed by atoms with Gasteiger partial charge in [0.2, 0.25) is 0 Å². The van der Waals surface area contributed by atoms with Crippen molar-refractivity contribution in [2.75, 3.05) is 45.9 Å². The first-order valence-corrected chi connectivity index (χ1v) is 12.2. The number of likely N-dealkylation sites (tertiary alicyclic amines) is 2. The molecule has 0 N–H and O–H groups in total. The van der Waals surface area contributed by atoms with Gasteiger partial charge in [0.05, 0.1) is 13.2 Å². The van der Waals surface area contributed by atoms with Gasteiger partial charge in [0, 0.05) is 57.4 Å². The lowest BCUT2D eigenvalue weighted by Crippen LogP contribution is -2.45. The molecule has 0 unspecified atom stereocenters. The molecular weight excluding hydrogens is 398 g/mol. The Morgan fingerprint density at radius 3 is 2.47 bits per heavy atom. The fraction of sp³-hybridized carbons (Fsp3) is 0.519. The van der Waals surface area contributed by atoms with Crippen LogP contribution >= 0.6 is 0 Å². The van der Waals surface area contributed by atoms with Crippen LogP contribution in [0.25, 0.3) is 0 Å². The summed E-state index contributed by atoms with van der Waals surface area (Å²) in [5.74, 6) is 0.809. The van der Waals surface area contributed by atoms with Crippen molar-refractivity contribution in [3.05, 3.63) is 71.3 Å². The molecule has 2 aromatic carbocycles. The molecule has 5 heteroatoms. The van der Waals surface area contributed by atoms with Crippen molar-refractivity contribution >= 4 is 5.91 Å². The second-order valence-corrected chi connectivity index (χ2v) is 9.55. The number of morpholine rings is 1. The smallest absolute Gasteiger partial charge is 0.254 e. The molecular formula is C27H35N3O2. The van der Waals surface area contributed by atoms with Crippen LogP contribution in [0, 0.1) is 5.92 Å². The predicted molar refractivity (Wildman–Crippen MR) is 126 cm³/mol. The van der Waals surface area contributed by atoms with Gasteiger partial charge in [0.1, 0.15) is 0 Å². The highest BCUT2D eigenvalue weighted by Gasteiger charge is 2.40. The first kappa shape index (κ1) is 21.6. The zero-order valence-electron chi connectivity index (χ0n) is 19.0. The van der Waals surface area contributed by atoms with E-state index in [4.69, 9.17) is 4.74 Å². The molecule has 5 rings (SSSR count). The number of ether oxygens (including phenoxy) is 1. The number of nitrogens with zero attached hydrogens (tertiary/aromatic N) is 3. The van der Waals surface area contributed by atoms with Crippen LogP contribution in [0.3, 0.4) is 0 Å². The Balaban J connectivity index is 1.32. The van der Waals surface area contributed by atoms with Crippen molar-refractivity contribution in [1.82, 2.24) is 14.7 Å². The number of fused-ring (bicyclic) bond motifs is 1. The van der Waals surface area contributed by atoms with Gasteiger partial charge >= 0.3 is 0 Å². The number of carbonyl (C=O) groups excluding carboxylic acids is 1. The highest BCUT2D eigenvalue weighted by atomic mass is 16.5. The van der Waals surface area contributed by atoms with Crippen LogP contribution < -0.4 is 0 Å². The van der Waals surface area contributed by atoms with Crippen LogP contribution in [0.4, 0.5) is 0 Å². The summed E-state index contributed by atoms with van der Waals surface area (Å²) in [5.41, 5.74) is 3.40. The number of carbonyl (C=O) groups is 1. The standard InChI is InChI=1S/C27H35N3O2/c31-27(25-12-5-4-10-23(25)19-28-14-16-32-17-15-28)30-13-7-6-11-24-20-29(21-26(24)30)18-22-8-2-1-3-9-22/h1-5,8-10,12,24,26H,6-7,11,13-21H2/t24-,26+/m0/s1. The van der Waals surface area contributed by atoms with E-state index in [2.05, 4.69) is 57.2 Å². The first-order valence-electron chi connectivity index (χ1n) is 12.2. The third kappa shape index (κ3) is 4.90. The van der Waals surface area contributed by atoms with Gasteiger partial charge in [-0.25, -0.2) is 0 Å². The topological polar surface area (TPSA) is 36.0 Å². The summed E-state index contributed by atoms with van der Waals surface area (Å²) in [6, 6.07) is 19.3. The minimum Gasteiger partial charge on any atom is -0.379 e. The van der Waals surface area contributed by atoms with Gasteiger partial charge in [0.25, 0.3) is 5.91 Å². The minimum atomic E-state index is 0.229. The average molecular weight is 434 g/mol. The number of hydrogen-bond donors (Lipinski definition) is 0. The fourth-order valence-corrected chi connectivity index (χ4v) is 5.68. The molecule has 170 valence electrons. The molecule has 3 aliphatic heterocycles. The van der Waals surface area contributed by atoms with Crippen molar-refractivity contribution in [2.24, 2.45) is 5.92 Å². The molecule has 3 fully saturated rings. The van der Waals surface area contributed by atoms with E-state index in [-0.39, 0.29) is 5.91 Å². The normalized spacial score (nSPS) is 24.8. The Morgan fingerprint density at radius 1 is 0.844 bits per heavy atom. The summed E-state index contributed by atoms with van der Waals surface area (Å²) in [5, 5.41) is 0. The summed E-state index contributed by atoms with van der Waals surface area (Å²) >= 11 is 0. The highest BCUT2D eigenvalue weighted by molar-refractivity contribution is 5.96. The van der Waals surface area contributed by atoms with E-state index in [1.807, 2.05) is 12.1 Å². The van der Waals surface area contributed by atoms with Gasteiger partial charge < -0.3 is 9.64 Å². The number of benzene rings is 2. The molecule has 0 spiro atoms. The SMILES string of the molecule is O=C(c1ccccc1CN1CCOCC1)N1CCCC[C@H]2CN(Cc3ccccc3)C[C@H]21. The maximum atomic E-state index is 13.9. The zero-order valence-corrected chi connectivity index (χ0v) is 19.0. The number of hydrogen-bond acceptors (Lipinski definition) is 4. The molecule has 1 amide bonds. The van der Waals surface area contributed by atoms with Crippen molar-refractivity contribution in [3.8, 4) is 0 Å². The molecule has 3 saturated heterocycles. The molecule has 32 heavy (non-hydrogen) atoms. The van der Waals surface area contributed by atoms with E-state index in [9.17, 15) is 4.79 Å². The molecule has 0 saturated carbocycles. The summed E-state index contributed by atoms with van der Waals surface area (Å²) < 4.78 is 5.50. The lowest BCUT2D eigenvalue weighted by atomic mass is 9.97. The Kier molecular flexibility index (Phi) is 6.86. The zero-order chi connectivity index (χ0) is 21.8. The maximum absolute atomic E-state index is 13.9. The summed E-state index contributed by atoms with van der Waals surface area (Å²) in [4.78, 5) is 21.1. The Morgan fingerprint density at radius 2 is 1.62 bits per heavy atom. The molecule has 5 nitrogen and oxygen atoms in total. The van der Waals surface area contributed by atoms with Gasteiger partial charge in [-0.1, -0.05) is 55.0 Å². The molecule has 2 aromatic rings. The van der Waals surface area contributed by atoms with Gasteiger partial charge in [-0.2, -0.15) is 0 Å². The van der Waals surface area contributed by atoms with Crippen LogP contribution in [0.5, 0.6) is 0 Å². The third-order valence-electron chi connectivity index (χ3n) is 7.36. The molecule has 0 radical (unpaired) electrons. The van der Waals surface area contributed by atoms with Gasteiger partial charge in [-0.3, -0.25) is 14.6 Å². The quantitative estimate of drug-likeness (QED) is 0.721. The monoisotopic (exact) mass is 433 g/mol. The largest absolute Gasteiger partial charge is 0.379 e. The van der Waals surface area contributed by atoms with Crippen LogP contribution in [0.1, 0.15) is 40.7 Å². The van der Waals surface area contributed by atoms with Crippen molar-refractivity contribution < 1.29 is 9.53 Å². The van der Waals surface area contributed by atoms with E-state index in [1.54, 1.807) is 0 Å². The van der Waals surface area contributed by atoms with Gasteiger partial charge in [0.15, 0.2) is 0 Å². The summed E-state index contributed by atoms with van der Waals surface area (Å²) in [7, 11) is 0. The van der Waals surface area contributed by atoms with Crippen LogP contribution in [-0.2, 0) is 17.8 Å². The predicted octanol–water partition coefficient (Wildman–Crippen LogP) is 3.65. The number of amides is 1. The third-order valence-corrected chi connectivity index (χ3v) is 7.36. The molecule has 3 aliphatic rings. The average Bonchev–Trinajstić information content (AvgIpc) is 3.12. The Labute approximate surface area is 191 Å². The lowest BCUT2D eigenvalue weighted by molar-refractivity contribution is 0.0339. The highest BCUT2D eigenvalue weighted by Crippen LogP contribution is 2.32. The van der Waals surface area contributed by atoms with Crippen molar-refractivity contribution in [1.29, 1.82) is 0 Å². The fourth-order valence-electron chi connectivity index (χ4n) is 5.68. The second kappa shape index (κ2) is 10.2.